The van der Waals surface area contributed by atoms with Crippen molar-refractivity contribution in [3.8, 4) is 5.75 Å². The number of fused-ring (bicyclic) bond motifs is 1. The number of benzene rings is 1. The van der Waals surface area contributed by atoms with Crippen LogP contribution in [0.5, 0.6) is 5.75 Å². The topological polar surface area (TPSA) is 112 Å². The van der Waals surface area contributed by atoms with Crippen molar-refractivity contribution >= 4 is 23.4 Å². The van der Waals surface area contributed by atoms with Crippen molar-refractivity contribution in [2.24, 2.45) is 11.8 Å². The number of hydrogen-bond donors (Lipinski definition) is 2. The summed E-state index contributed by atoms with van der Waals surface area (Å²) in [4.78, 5) is 45.8. The highest BCUT2D eigenvalue weighted by Gasteiger charge is 2.32. The van der Waals surface area contributed by atoms with Gasteiger partial charge in [-0.1, -0.05) is 26.2 Å². The fraction of sp³-hybridized carbons (Fsp3) is 0.743. The standard InChI is InChI=1S/C35H58N4O6/c1-25-22-39(26(2)24-40)35(43)30-21-29(36-33(41)16-12-19-37(4)5)17-18-31(30)45-27(3)13-10-11-20-44-32(25)23-38(6)34(42)28-14-8-7-9-15-28/h17-18,21,25-28,32,40H,7-16,19-20,22-24H2,1-6H3,(H,36,41)/t25-,26+,27+,32-/m0/s1. The molecule has 2 aliphatic rings. The summed E-state index contributed by atoms with van der Waals surface area (Å²) >= 11 is 0. The molecule has 254 valence electrons. The van der Waals surface area contributed by atoms with Gasteiger partial charge in [-0.25, -0.2) is 0 Å². The van der Waals surface area contributed by atoms with Gasteiger partial charge in [-0.15, -0.1) is 0 Å². The molecule has 1 aromatic carbocycles. The third-order valence-corrected chi connectivity index (χ3v) is 9.13. The lowest BCUT2D eigenvalue weighted by Crippen LogP contribution is -2.48. The Labute approximate surface area is 270 Å². The van der Waals surface area contributed by atoms with Gasteiger partial charge in [0.1, 0.15) is 5.75 Å². The Morgan fingerprint density at radius 1 is 1.07 bits per heavy atom. The zero-order chi connectivity index (χ0) is 32.9. The molecule has 1 aromatic rings. The normalized spacial score (nSPS) is 23.1. The van der Waals surface area contributed by atoms with Gasteiger partial charge in [0, 0.05) is 50.7 Å². The molecule has 1 saturated carbocycles. The second-order valence-corrected chi connectivity index (χ2v) is 13.5. The maximum atomic E-state index is 14.3. The Bertz CT molecular complexity index is 1090. The smallest absolute Gasteiger partial charge is 0.258 e. The number of anilines is 1. The number of amides is 3. The van der Waals surface area contributed by atoms with Crippen molar-refractivity contribution in [3.05, 3.63) is 23.8 Å². The minimum atomic E-state index is -0.468. The van der Waals surface area contributed by atoms with Gasteiger partial charge in [0.15, 0.2) is 0 Å². The first-order chi connectivity index (χ1) is 21.5. The highest BCUT2D eigenvalue weighted by atomic mass is 16.5. The fourth-order valence-corrected chi connectivity index (χ4v) is 6.26. The zero-order valence-electron chi connectivity index (χ0n) is 28.6. The summed E-state index contributed by atoms with van der Waals surface area (Å²) in [6.45, 7) is 7.80. The first-order valence-corrected chi connectivity index (χ1v) is 17.0. The monoisotopic (exact) mass is 630 g/mol. The van der Waals surface area contributed by atoms with Crippen LogP contribution < -0.4 is 10.1 Å². The van der Waals surface area contributed by atoms with Gasteiger partial charge in [0.25, 0.3) is 5.91 Å². The van der Waals surface area contributed by atoms with E-state index in [9.17, 15) is 19.5 Å². The van der Waals surface area contributed by atoms with E-state index >= 15 is 0 Å². The minimum absolute atomic E-state index is 0.0747. The molecule has 1 aliphatic carbocycles. The molecule has 2 N–H and O–H groups in total. The molecule has 0 saturated heterocycles. The first kappa shape index (κ1) is 36.8. The van der Waals surface area contributed by atoms with Gasteiger partial charge >= 0.3 is 0 Å². The Kier molecular flexibility index (Phi) is 15.1. The van der Waals surface area contributed by atoms with E-state index in [0.29, 0.717) is 43.1 Å². The summed E-state index contributed by atoms with van der Waals surface area (Å²) in [6, 6.07) is 4.75. The van der Waals surface area contributed by atoms with E-state index in [-0.39, 0.29) is 48.4 Å². The maximum Gasteiger partial charge on any atom is 0.258 e. The number of likely N-dealkylation sites (N-methyl/N-ethyl adjacent to an activating group) is 1. The van der Waals surface area contributed by atoms with Crippen LogP contribution in [0.3, 0.4) is 0 Å². The lowest BCUT2D eigenvalue weighted by Gasteiger charge is -2.36. The maximum absolute atomic E-state index is 14.3. The van der Waals surface area contributed by atoms with Crippen LogP contribution in [-0.4, -0.2) is 110 Å². The predicted octanol–water partition coefficient (Wildman–Crippen LogP) is 4.80. The number of aliphatic hydroxyl groups excluding tert-OH is 1. The van der Waals surface area contributed by atoms with Gasteiger partial charge in [-0.05, 0) is 91.2 Å². The van der Waals surface area contributed by atoms with Crippen LogP contribution >= 0.6 is 0 Å². The summed E-state index contributed by atoms with van der Waals surface area (Å²) in [5.41, 5.74) is 0.877. The van der Waals surface area contributed by atoms with Crippen LogP contribution in [0.2, 0.25) is 0 Å². The lowest BCUT2D eigenvalue weighted by molar-refractivity contribution is -0.138. The van der Waals surface area contributed by atoms with E-state index < -0.39 is 6.04 Å². The number of hydrogen-bond acceptors (Lipinski definition) is 7. The van der Waals surface area contributed by atoms with Crippen LogP contribution in [0, 0.1) is 11.8 Å². The number of aliphatic hydroxyl groups is 1. The molecule has 3 rings (SSSR count). The third kappa shape index (κ3) is 11.6. The van der Waals surface area contributed by atoms with E-state index in [1.165, 1.54) is 6.42 Å². The molecule has 0 spiro atoms. The Hall–Kier alpha value is -2.69. The molecule has 10 nitrogen and oxygen atoms in total. The van der Waals surface area contributed by atoms with Crippen molar-refractivity contribution in [2.45, 2.75) is 103 Å². The molecule has 0 bridgehead atoms. The number of nitrogens with zero attached hydrogens (tertiary/aromatic N) is 3. The summed E-state index contributed by atoms with van der Waals surface area (Å²) in [6.07, 6.45) is 8.53. The van der Waals surface area contributed by atoms with Crippen molar-refractivity contribution in [1.82, 2.24) is 14.7 Å². The van der Waals surface area contributed by atoms with Crippen LogP contribution in [0.1, 0.15) is 95.3 Å². The van der Waals surface area contributed by atoms with Crippen molar-refractivity contribution in [1.29, 1.82) is 0 Å². The van der Waals surface area contributed by atoms with Gasteiger partial charge in [-0.3, -0.25) is 14.4 Å². The molecule has 0 unspecified atom stereocenters. The fourth-order valence-electron chi connectivity index (χ4n) is 6.26. The van der Waals surface area contributed by atoms with Gasteiger partial charge in [0.05, 0.1) is 30.4 Å². The van der Waals surface area contributed by atoms with Crippen molar-refractivity contribution in [3.63, 3.8) is 0 Å². The minimum Gasteiger partial charge on any atom is -0.490 e. The van der Waals surface area contributed by atoms with Crippen molar-refractivity contribution in [2.75, 3.05) is 59.3 Å². The summed E-state index contributed by atoms with van der Waals surface area (Å²) in [7, 11) is 5.81. The molecule has 1 aliphatic heterocycles. The van der Waals surface area contributed by atoms with Crippen LogP contribution in [0.4, 0.5) is 5.69 Å². The average molecular weight is 631 g/mol. The Balaban J connectivity index is 1.87. The second-order valence-electron chi connectivity index (χ2n) is 13.5. The van der Waals surface area contributed by atoms with E-state index in [1.807, 2.05) is 51.7 Å². The third-order valence-electron chi connectivity index (χ3n) is 9.13. The zero-order valence-corrected chi connectivity index (χ0v) is 28.6. The number of ether oxygens (including phenoxy) is 2. The van der Waals surface area contributed by atoms with E-state index in [0.717, 1.165) is 57.9 Å². The van der Waals surface area contributed by atoms with Crippen LogP contribution in [0.15, 0.2) is 18.2 Å². The SMILES string of the molecule is C[C@@H]1CCCCO[C@@H](CN(C)C(=O)C2CCCCC2)[C@@H](C)CN([C@H](C)CO)C(=O)c2cc(NC(=O)CCCN(C)C)ccc2O1. The molecule has 10 heteroatoms. The lowest BCUT2D eigenvalue weighted by atomic mass is 9.88. The van der Waals surface area contributed by atoms with Crippen LogP contribution in [-0.2, 0) is 14.3 Å². The predicted molar refractivity (Wildman–Crippen MR) is 178 cm³/mol. The molecule has 3 amide bonds. The van der Waals surface area contributed by atoms with E-state index in [2.05, 4.69) is 5.32 Å². The summed E-state index contributed by atoms with van der Waals surface area (Å²) in [5, 5.41) is 13.2. The number of nitrogens with one attached hydrogen (secondary N) is 1. The van der Waals surface area contributed by atoms with Crippen molar-refractivity contribution < 1.29 is 29.0 Å². The quantitative estimate of drug-likeness (QED) is 0.382. The summed E-state index contributed by atoms with van der Waals surface area (Å²) in [5.74, 6) is 0.208. The van der Waals surface area contributed by atoms with Gasteiger partial charge in [-0.2, -0.15) is 0 Å². The highest BCUT2D eigenvalue weighted by Crippen LogP contribution is 2.29. The van der Waals surface area contributed by atoms with Gasteiger partial charge in [0.2, 0.25) is 11.8 Å². The Morgan fingerprint density at radius 2 is 1.78 bits per heavy atom. The van der Waals surface area contributed by atoms with E-state index in [4.69, 9.17) is 9.47 Å². The Morgan fingerprint density at radius 3 is 2.47 bits per heavy atom. The molecule has 1 heterocycles. The largest absolute Gasteiger partial charge is 0.490 e. The molecular weight excluding hydrogens is 572 g/mol. The second kappa shape index (κ2) is 18.5. The first-order valence-electron chi connectivity index (χ1n) is 17.0. The molecule has 0 radical (unpaired) electrons. The summed E-state index contributed by atoms with van der Waals surface area (Å²) < 4.78 is 12.7. The number of rotatable bonds is 10. The van der Waals surface area contributed by atoms with Crippen LogP contribution in [0.25, 0.3) is 0 Å². The molecule has 1 fully saturated rings. The number of carbonyl (C=O) groups excluding carboxylic acids is 3. The molecule has 45 heavy (non-hydrogen) atoms. The van der Waals surface area contributed by atoms with Gasteiger partial charge < -0.3 is 34.6 Å². The molecular formula is C35H58N4O6. The average Bonchev–Trinajstić information content (AvgIpc) is 3.02. The molecule has 4 atom stereocenters. The highest BCUT2D eigenvalue weighted by molar-refractivity contribution is 5.99. The van der Waals surface area contributed by atoms with E-state index in [1.54, 1.807) is 23.1 Å². The molecule has 0 aromatic heterocycles. The number of carbonyl (C=O) groups is 3.